The molecule has 0 bridgehead atoms. The number of hydrogen-bond donors (Lipinski definition) is 3. The minimum Gasteiger partial charge on any atom is -0.326 e. The number of benzene rings is 1. The molecule has 0 saturated heterocycles. The first-order valence-corrected chi connectivity index (χ1v) is 3.94. The Morgan fingerprint density at radius 3 is 1.75 bits per heavy atom. The molecule has 0 heterocycles. The van der Waals surface area contributed by atoms with Gasteiger partial charge >= 0.3 is 0 Å². The van der Waals surface area contributed by atoms with Crippen LogP contribution in [0.15, 0.2) is 12.1 Å². The smallest absolute Gasteiger partial charge is 0.0184 e. The van der Waals surface area contributed by atoms with Gasteiger partial charge in [0.05, 0.1) is 0 Å². The predicted molar refractivity (Wildman–Crippen MR) is 49.0 cm³/mol. The van der Waals surface area contributed by atoms with Crippen LogP contribution >= 0.6 is 0 Å². The molecule has 0 aliphatic carbocycles. The highest BCUT2D eigenvalue weighted by atomic mass is 14.6. The number of rotatable bonds is 3. The molecule has 0 unspecified atom stereocenters. The number of hydrogen-bond acceptors (Lipinski definition) is 3. The minimum atomic E-state index is 0.494. The molecule has 0 aromatic heterocycles. The van der Waals surface area contributed by atoms with Crippen LogP contribution in [0.4, 0.5) is 0 Å². The van der Waals surface area contributed by atoms with Crippen molar-refractivity contribution in [3.63, 3.8) is 0 Å². The van der Waals surface area contributed by atoms with Gasteiger partial charge in [-0.1, -0.05) is 0 Å². The molecule has 1 aromatic carbocycles. The van der Waals surface area contributed by atoms with Crippen molar-refractivity contribution in [2.24, 2.45) is 17.2 Å². The fourth-order valence-electron chi connectivity index (χ4n) is 1.25. The predicted octanol–water partition coefficient (Wildman–Crippen LogP) is -0.137. The third-order valence-electron chi connectivity index (χ3n) is 1.93. The van der Waals surface area contributed by atoms with E-state index in [1.807, 2.05) is 12.1 Å². The van der Waals surface area contributed by atoms with Gasteiger partial charge in [0.15, 0.2) is 0 Å². The van der Waals surface area contributed by atoms with E-state index in [0.717, 1.165) is 16.7 Å². The maximum absolute atomic E-state index is 5.58. The van der Waals surface area contributed by atoms with Gasteiger partial charge in [-0.05, 0) is 34.9 Å². The first-order valence-electron chi connectivity index (χ1n) is 3.94. The summed E-state index contributed by atoms with van der Waals surface area (Å²) in [5, 5.41) is 0. The van der Waals surface area contributed by atoms with Crippen molar-refractivity contribution in [3.8, 4) is 0 Å². The second-order valence-electron chi connectivity index (χ2n) is 2.60. The molecule has 1 radical (unpaired) electrons. The Morgan fingerprint density at radius 1 is 0.917 bits per heavy atom. The van der Waals surface area contributed by atoms with Crippen molar-refractivity contribution in [1.82, 2.24) is 0 Å². The second kappa shape index (κ2) is 4.21. The molecule has 6 N–H and O–H groups in total. The van der Waals surface area contributed by atoms with E-state index in [9.17, 15) is 0 Å². The van der Waals surface area contributed by atoms with Crippen LogP contribution in [0, 0.1) is 6.07 Å². The number of nitrogens with two attached hydrogens (primary N) is 3. The monoisotopic (exact) mass is 164 g/mol. The van der Waals surface area contributed by atoms with Crippen LogP contribution < -0.4 is 17.2 Å². The maximum Gasteiger partial charge on any atom is 0.0184 e. The standard InChI is InChI=1S/C9H14N3/c10-4-7-2-1-3-8(5-11)9(7)6-12/h2-3H,4-6,10-12H2. The molecular weight excluding hydrogens is 150 g/mol. The van der Waals surface area contributed by atoms with E-state index in [1.54, 1.807) is 0 Å². The van der Waals surface area contributed by atoms with Crippen molar-refractivity contribution in [1.29, 1.82) is 0 Å². The Labute approximate surface area is 72.5 Å². The van der Waals surface area contributed by atoms with Crippen LogP contribution in [-0.2, 0) is 19.6 Å². The molecule has 0 atom stereocenters. The van der Waals surface area contributed by atoms with Crippen molar-refractivity contribution in [2.75, 3.05) is 0 Å². The van der Waals surface area contributed by atoms with Crippen LogP contribution in [0.5, 0.6) is 0 Å². The summed E-state index contributed by atoms with van der Waals surface area (Å²) in [6.45, 7) is 1.49. The lowest BCUT2D eigenvalue weighted by Crippen LogP contribution is -2.11. The zero-order valence-electron chi connectivity index (χ0n) is 7.01. The second-order valence-corrected chi connectivity index (χ2v) is 2.60. The highest BCUT2D eigenvalue weighted by Gasteiger charge is 2.03. The fraction of sp³-hybridized carbons (Fsp3) is 0.333. The third kappa shape index (κ3) is 1.64. The van der Waals surface area contributed by atoms with Crippen LogP contribution in [0.2, 0.25) is 0 Å². The molecule has 65 valence electrons. The average molecular weight is 164 g/mol. The average Bonchev–Trinajstić information content (AvgIpc) is 2.16. The molecule has 0 amide bonds. The van der Waals surface area contributed by atoms with Gasteiger partial charge in [-0.25, -0.2) is 0 Å². The van der Waals surface area contributed by atoms with Gasteiger partial charge in [0.2, 0.25) is 0 Å². The third-order valence-corrected chi connectivity index (χ3v) is 1.93. The molecule has 3 heteroatoms. The molecule has 0 aliphatic heterocycles. The first-order chi connectivity index (χ1) is 5.83. The topological polar surface area (TPSA) is 78.1 Å². The zero-order valence-corrected chi connectivity index (χ0v) is 7.01. The van der Waals surface area contributed by atoms with Gasteiger partial charge in [-0.2, -0.15) is 0 Å². The minimum absolute atomic E-state index is 0.494. The lowest BCUT2D eigenvalue weighted by atomic mass is 10.0. The molecule has 3 nitrogen and oxygen atoms in total. The van der Waals surface area contributed by atoms with Crippen molar-refractivity contribution in [2.45, 2.75) is 19.6 Å². The Morgan fingerprint density at radius 2 is 1.42 bits per heavy atom. The molecule has 1 rings (SSSR count). The van der Waals surface area contributed by atoms with Crippen LogP contribution in [0.1, 0.15) is 16.7 Å². The Hall–Kier alpha value is -0.900. The Kier molecular flexibility index (Phi) is 3.22. The van der Waals surface area contributed by atoms with Crippen molar-refractivity contribution < 1.29 is 0 Å². The quantitative estimate of drug-likeness (QED) is 0.582. The molecule has 0 aliphatic rings. The Bertz CT molecular complexity index is 236. The normalized spacial score (nSPS) is 10.2. The van der Waals surface area contributed by atoms with Gasteiger partial charge in [-0.3, -0.25) is 0 Å². The van der Waals surface area contributed by atoms with Crippen LogP contribution in [0.3, 0.4) is 0 Å². The van der Waals surface area contributed by atoms with Gasteiger partial charge < -0.3 is 17.2 Å². The summed E-state index contributed by atoms with van der Waals surface area (Å²) >= 11 is 0. The summed E-state index contributed by atoms with van der Waals surface area (Å²) in [5.41, 5.74) is 19.8. The summed E-state index contributed by atoms with van der Waals surface area (Å²) < 4.78 is 0. The van der Waals surface area contributed by atoms with E-state index in [-0.39, 0.29) is 0 Å². The molecule has 0 saturated carbocycles. The summed E-state index contributed by atoms with van der Waals surface area (Å²) in [7, 11) is 0. The van der Waals surface area contributed by atoms with Crippen molar-refractivity contribution >= 4 is 0 Å². The van der Waals surface area contributed by atoms with E-state index in [2.05, 4.69) is 6.07 Å². The molecule has 0 spiro atoms. The molecular formula is C9H14N3. The first kappa shape index (κ1) is 9.19. The maximum atomic E-state index is 5.58. The lowest BCUT2D eigenvalue weighted by Gasteiger charge is -2.09. The highest BCUT2D eigenvalue weighted by molar-refractivity contribution is 5.34. The van der Waals surface area contributed by atoms with Gasteiger partial charge in [0, 0.05) is 19.6 Å². The van der Waals surface area contributed by atoms with Crippen molar-refractivity contribution in [3.05, 3.63) is 34.9 Å². The van der Waals surface area contributed by atoms with E-state index in [4.69, 9.17) is 17.2 Å². The van der Waals surface area contributed by atoms with Gasteiger partial charge in [0.25, 0.3) is 0 Å². The Balaban J connectivity index is 3.13. The lowest BCUT2D eigenvalue weighted by molar-refractivity contribution is 0.928. The van der Waals surface area contributed by atoms with Gasteiger partial charge in [-0.15, -0.1) is 0 Å². The van der Waals surface area contributed by atoms with E-state index in [1.165, 1.54) is 0 Å². The zero-order chi connectivity index (χ0) is 8.97. The van der Waals surface area contributed by atoms with E-state index in [0.29, 0.717) is 19.6 Å². The fourth-order valence-corrected chi connectivity index (χ4v) is 1.25. The largest absolute Gasteiger partial charge is 0.326 e. The van der Waals surface area contributed by atoms with Gasteiger partial charge in [0.1, 0.15) is 0 Å². The molecule has 1 aromatic rings. The summed E-state index contributed by atoms with van der Waals surface area (Å²) in [5.74, 6) is 0. The highest BCUT2D eigenvalue weighted by Crippen LogP contribution is 2.12. The molecule has 12 heavy (non-hydrogen) atoms. The van der Waals surface area contributed by atoms with Crippen LogP contribution in [-0.4, -0.2) is 0 Å². The molecule has 0 fully saturated rings. The summed E-state index contributed by atoms with van der Waals surface area (Å²) in [4.78, 5) is 0. The summed E-state index contributed by atoms with van der Waals surface area (Å²) in [6.07, 6.45) is 0. The van der Waals surface area contributed by atoms with E-state index < -0.39 is 0 Å². The SMILES string of the molecule is NCc1c[c]cc(CN)c1CN. The summed E-state index contributed by atoms with van der Waals surface area (Å²) in [6, 6.07) is 6.72. The van der Waals surface area contributed by atoms with Crippen LogP contribution in [0.25, 0.3) is 0 Å². The van der Waals surface area contributed by atoms with E-state index >= 15 is 0 Å².